The van der Waals surface area contributed by atoms with E-state index >= 15 is 0 Å². The molecular formula is C28H20Cl3N5O2. The van der Waals surface area contributed by atoms with Gasteiger partial charge in [0, 0.05) is 41.1 Å². The Bertz CT molecular complexity index is 1620. The predicted molar refractivity (Wildman–Crippen MR) is 153 cm³/mol. The zero-order valence-electron chi connectivity index (χ0n) is 20.0. The number of halogens is 3. The maximum Gasteiger partial charge on any atom is 0.323 e. The molecule has 0 radical (unpaired) electrons. The highest BCUT2D eigenvalue weighted by Gasteiger charge is 2.16. The van der Waals surface area contributed by atoms with Gasteiger partial charge in [0.1, 0.15) is 11.4 Å². The Hall–Kier alpha value is -4.04. The van der Waals surface area contributed by atoms with Crippen molar-refractivity contribution in [2.75, 3.05) is 17.7 Å². The average molecular weight is 565 g/mol. The molecule has 10 heteroatoms. The number of hydrogen-bond acceptors (Lipinski definition) is 4. The lowest BCUT2D eigenvalue weighted by molar-refractivity contribution is 0.262. The summed E-state index contributed by atoms with van der Waals surface area (Å²) >= 11 is 18.3. The molecule has 7 nitrogen and oxygen atoms in total. The Morgan fingerprint density at radius 3 is 2.29 bits per heavy atom. The summed E-state index contributed by atoms with van der Waals surface area (Å²) in [5.74, 6) is 0.554. The van der Waals surface area contributed by atoms with Crippen molar-refractivity contribution in [2.24, 2.45) is 0 Å². The molecule has 38 heavy (non-hydrogen) atoms. The second kappa shape index (κ2) is 11.1. The second-order valence-corrected chi connectivity index (χ2v) is 9.40. The minimum Gasteiger partial charge on any atom is -0.495 e. The smallest absolute Gasteiger partial charge is 0.323 e. The highest BCUT2D eigenvalue weighted by molar-refractivity contribution is 6.42. The number of methoxy groups -OCH3 is 1. The van der Waals surface area contributed by atoms with Crippen LogP contribution in [-0.2, 0) is 0 Å². The van der Waals surface area contributed by atoms with Gasteiger partial charge in [0.15, 0.2) is 0 Å². The number of benzene rings is 3. The number of aromatic nitrogens is 3. The van der Waals surface area contributed by atoms with Crippen LogP contribution in [0.5, 0.6) is 5.75 Å². The molecule has 2 heterocycles. The topological polar surface area (TPSA) is 81.1 Å². The van der Waals surface area contributed by atoms with Crippen molar-refractivity contribution >= 4 is 52.2 Å². The first-order valence-electron chi connectivity index (χ1n) is 11.4. The number of pyridine rings is 1. The molecule has 0 aliphatic carbocycles. The lowest BCUT2D eigenvalue weighted by atomic mass is 10.0. The lowest BCUT2D eigenvalue weighted by Gasteiger charge is -2.10. The molecule has 2 aromatic heterocycles. The summed E-state index contributed by atoms with van der Waals surface area (Å²) in [4.78, 5) is 16.7. The van der Waals surface area contributed by atoms with Crippen LogP contribution in [0.15, 0.2) is 91.4 Å². The van der Waals surface area contributed by atoms with Crippen LogP contribution in [0.4, 0.5) is 16.2 Å². The second-order valence-electron chi connectivity index (χ2n) is 8.18. The van der Waals surface area contributed by atoms with Crippen LogP contribution in [-0.4, -0.2) is 27.9 Å². The Morgan fingerprint density at radius 1 is 0.816 bits per heavy atom. The Balaban J connectivity index is 1.46. The fourth-order valence-electron chi connectivity index (χ4n) is 3.86. The summed E-state index contributed by atoms with van der Waals surface area (Å²) in [5, 5.41) is 11.7. The van der Waals surface area contributed by atoms with Gasteiger partial charge in [-0.05, 0) is 66.2 Å². The van der Waals surface area contributed by atoms with Crippen LogP contribution in [0, 0.1) is 0 Å². The van der Waals surface area contributed by atoms with E-state index in [9.17, 15) is 4.79 Å². The van der Waals surface area contributed by atoms with E-state index in [1.54, 1.807) is 54.5 Å². The highest BCUT2D eigenvalue weighted by atomic mass is 35.5. The normalized spacial score (nSPS) is 10.7. The Morgan fingerprint density at radius 2 is 1.55 bits per heavy atom. The van der Waals surface area contributed by atoms with Crippen molar-refractivity contribution in [3.8, 4) is 33.8 Å². The van der Waals surface area contributed by atoms with E-state index in [0.29, 0.717) is 32.2 Å². The summed E-state index contributed by atoms with van der Waals surface area (Å²) in [6.45, 7) is 0. The molecule has 0 spiro atoms. The van der Waals surface area contributed by atoms with Gasteiger partial charge in [-0.15, -0.1) is 0 Å². The van der Waals surface area contributed by atoms with Gasteiger partial charge in [0.05, 0.1) is 27.9 Å². The Labute approximate surface area is 234 Å². The number of nitrogens with one attached hydrogen (secondary N) is 2. The van der Waals surface area contributed by atoms with E-state index in [4.69, 9.17) is 44.6 Å². The summed E-state index contributed by atoms with van der Waals surface area (Å²) in [6.07, 6.45) is 5.40. The molecule has 0 saturated carbocycles. The first kappa shape index (κ1) is 25.6. The predicted octanol–water partition coefficient (Wildman–Crippen LogP) is 8.21. The van der Waals surface area contributed by atoms with E-state index in [1.165, 1.54) is 0 Å². The van der Waals surface area contributed by atoms with E-state index < -0.39 is 6.03 Å². The first-order chi connectivity index (χ1) is 18.4. The number of hydrogen-bond donors (Lipinski definition) is 2. The van der Waals surface area contributed by atoms with Gasteiger partial charge in [0.25, 0.3) is 0 Å². The number of ether oxygens (including phenoxy) is 1. The monoisotopic (exact) mass is 563 g/mol. The van der Waals surface area contributed by atoms with Gasteiger partial charge in [-0.2, -0.15) is 5.10 Å². The summed E-state index contributed by atoms with van der Waals surface area (Å²) < 4.78 is 7.17. The van der Waals surface area contributed by atoms with Crippen LogP contribution in [0.3, 0.4) is 0 Å². The minimum atomic E-state index is -0.424. The molecule has 0 unspecified atom stereocenters. The molecule has 0 atom stereocenters. The summed E-state index contributed by atoms with van der Waals surface area (Å²) in [6, 6.07) is 21.2. The fraction of sp³-hybridized carbons (Fsp3) is 0.0357. The largest absolute Gasteiger partial charge is 0.495 e. The van der Waals surface area contributed by atoms with E-state index in [2.05, 4.69) is 15.6 Å². The average Bonchev–Trinajstić information content (AvgIpc) is 3.37. The minimum absolute atomic E-state index is 0.351. The molecule has 190 valence electrons. The molecule has 3 aromatic carbocycles. The lowest BCUT2D eigenvalue weighted by Crippen LogP contribution is -2.19. The summed E-state index contributed by atoms with van der Waals surface area (Å²) in [7, 11) is 1.57. The van der Waals surface area contributed by atoms with Gasteiger partial charge in [0.2, 0.25) is 0 Å². The van der Waals surface area contributed by atoms with Crippen molar-refractivity contribution in [3.05, 3.63) is 106 Å². The van der Waals surface area contributed by atoms with Crippen molar-refractivity contribution in [2.45, 2.75) is 0 Å². The maximum absolute atomic E-state index is 12.6. The van der Waals surface area contributed by atoms with Crippen LogP contribution in [0.2, 0.25) is 15.1 Å². The van der Waals surface area contributed by atoms with Crippen molar-refractivity contribution in [1.82, 2.24) is 14.8 Å². The third-order valence-electron chi connectivity index (χ3n) is 5.68. The van der Waals surface area contributed by atoms with Gasteiger partial charge < -0.3 is 15.4 Å². The molecule has 5 aromatic rings. The SMILES string of the molecule is COc1cc(-c2nn(-c3cccc(NC(=O)Nc4ccc(Cl)c(Cl)c4)c3)cc2-c2ccncc2)ccc1Cl. The number of urea groups is 1. The molecule has 0 fully saturated rings. The molecule has 2 N–H and O–H groups in total. The number of anilines is 2. The molecule has 0 bridgehead atoms. The molecule has 0 saturated heterocycles. The number of amides is 2. The van der Waals surface area contributed by atoms with Gasteiger partial charge in [-0.3, -0.25) is 4.98 Å². The molecule has 0 aliphatic heterocycles. The molecule has 0 aliphatic rings. The van der Waals surface area contributed by atoms with E-state index in [1.807, 2.05) is 48.7 Å². The van der Waals surface area contributed by atoms with Gasteiger partial charge in [-0.25, -0.2) is 9.48 Å². The first-order valence-corrected chi connectivity index (χ1v) is 12.5. The molecular weight excluding hydrogens is 545 g/mol. The third kappa shape index (κ3) is 5.60. The fourth-order valence-corrected chi connectivity index (χ4v) is 4.36. The highest BCUT2D eigenvalue weighted by Crippen LogP contribution is 2.36. The molecule has 2 amide bonds. The number of carbonyl (C=O) groups is 1. The van der Waals surface area contributed by atoms with Crippen LogP contribution < -0.4 is 15.4 Å². The zero-order valence-corrected chi connectivity index (χ0v) is 22.2. The number of rotatable bonds is 6. The Kier molecular flexibility index (Phi) is 7.51. The van der Waals surface area contributed by atoms with E-state index in [0.717, 1.165) is 28.1 Å². The van der Waals surface area contributed by atoms with Gasteiger partial charge >= 0.3 is 6.03 Å². The van der Waals surface area contributed by atoms with E-state index in [-0.39, 0.29) is 0 Å². The summed E-state index contributed by atoms with van der Waals surface area (Å²) in [5.41, 5.74) is 5.27. The zero-order chi connectivity index (χ0) is 26.6. The quantitative estimate of drug-likeness (QED) is 0.218. The molecule has 5 rings (SSSR count). The van der Waals surface area contributed by atoms with Crippen molar-refractivity contribution in [3.63, 3.8) is 0 Å². The standard InChI is InChI=1S/C28H20Cl3N5O2/c1-38-26-13-18(5-7-24(26)30)27-22(17-9-11-32-12-10-17)16-36(35-27)21-4-2-3-19(14-21)33-28(37)34-20-6-8-23(29)25(31)15-20/h2-16H,1H3,(H2,33,34,37). The number of carbonyl (C=O) groups excluding carboxylic acids is 1. The van der Waals surface area contributed by atoms with Crippen LogP contribution >= 0.6 is 34.8 Å². The maximum atomic E-state index is 12.6. The third-order valence-corrected chi connectivity index (χ3v) is 6.73. The van der Waals surface area contributed by atoms with Gasteiger partial charge in [-0.1, -0.05) is 46.9 Å². The number of nitrogens with zero attached hydrogens (tertiary/aromatic N) is 3. The van der Waals surface area contributed by atoms with Crippen molar-refractivity contribution < 1.29 is 9.53 Å². The van der Waals surface area contributed by atoms with Crippen LogP contribution in [0.1, 0.15) is 0 Å². The van der Waals surface area contributed by atoms with Crippen LogP contribution in [0.25, 0.3) is 28.1 Å². The van der Waals surface area contributed by atoms with Crippen molar-refractivity contribution in [1.29, 1.82) is 0 Å².